The number of benzene rings is 1. The highest BCUT2D eigenvalue weighted by atomic mass is 32.2. The van der Waals surface area contributed by atoms with Crippen LogP contribution in [0.5, 0.6) is 0 Å². The summed E-state index contributed by atoms with van der Waals surface area (Å²) in [4.78, 5) is 0. The van der Waals surface area contributed by atoms with Crippen LogP contribution in [0.25, 0.3) is 0 Å². The minimum atomic E-state index is -2.97. The fraction of sp³-hybridized carbons (Fsp3) is 0.500. The Labute approximate surface area is 96.0 Å². The molecule has 1 aromatic rings. The third-order valence-corrected chi connectivity index (χ3v) is 4.12. The number of aliphatic hydroxyl groups is 1. The van der Waals surface area contributed by atoms with Gasteiger partial charge in [0.2, 0.25) is 0 Å². The highest BCUT2D eigenvalue weighted by Gasteiger charge is 2.31. The average molecular weight is 240 g/mol. The predicted octanol–water partition coefficient (Wildman–Crippen LogP) is 1.12. The number of rotatable bonds is 4. The Balaban J connectivity index is 1.97. The van der Waals surface area contributed by atoms with E-state index in [-0.39, 0.29) is 11.7 Å². The van der Waals surface area contributed by atoms with Gasteiger partial charge in [-0.25, -0.2) is 8.42 Å². The molecule has 0 aliphatic heterocycles. The monoisotopic (exact) mass is 240 g/mol. The molecule has 1 aromatic carbocycles. The third kappa shape index (κ3) is 2.44. The lowest BCUT2D eigenvalue weighted by Gasteiger charge is -2.33. The van der Waals surface area contributed by atoms with Crippen molar-refractivity contribution in [2.24, 2.45) is 0 Å². The van der Waals surface area contributed by atoms with Gasteiger partial charge in [0.25, 0.3) is 0 Å². The molecule has 1 aliphatic rings. The van der Waals surface area contributed by atoms with E-state index in [9.17, 15) is 13.5 Å². The van der Waals surface area contributed by atoms with E-state index in [4.69, 9.17) is 0 Å². The van der Waals surface area contributed by atoms with Gasteiger partial charge in [0.1, 0.15) is 9.84 Å². The fourth-order valence-electron chi connectivity index (χ4n) is 2.18. The van der Waals surface area contributed by atoms with Crippen molar-refractivity contribution in [1.29, 1.82) is 0 Å². The van der Waals surface area contributed by atoms with Gasteiger partial charge in [0.05, 0.1) is 11.9 Å². The van der Waals surface area contributed by atoms with Gasteiger partial charge in [-0.3, -0.25) is 0 Å². The van der Waals surface area contributed by atoms with E-state index in [1.807, 2.05) is 18.2 Å². The molecule has 0 bridgehead atoms. The van der Waals surface area contributed by atoms with E-state index in [0.717, 1.165) is 6.42 Å². The lowest BCUT2D eigenvalue weighted by Crippen LogP contribution is -2.30. The van der Waals surface area contributed by atoms with Gasteiger partial charge in [-0.05, 0) is 24.0 Å². The summed E-state index contributed by atoms with van der Waals surface area (Å²) in [6.07, 6.45) is 1.86. The number of fused-ring (bicyclic) bond motifs is 1. The number of aliphatic hydroxyl groups excluding tert-OH is 1. The van der Waals surface area contributed by atoms with Gasteiger partial charge < -0.3 is 5.11 Å². The first-order valence-corrected chi connectivity index (χ1v) is 7.47. The number of hydrogen-bond acceptors (Lipinski definition) is 3. The molecule has 1 aliphatic carbocycles. The van der Waals surface area contributed by atoms with Crippen LogP contribution in [0.1, 0.15) is 23.5 Å². The second-order valence-electron chi connectivity index (χ2n) is 4.50. The minimum absolute atomic E-state index is 0.0623. The molecule has 2 atom stereocenters. The minimum Gasteiger partial charge on any atom is -0.392 e. The Bertz CT molecular complexity index is 479. The molecule has 2 rings (SSSR count). The van der Waals surface area contributed by atoms with Crippen LogP contribution in [0, 0.1) is 0 Å². The molecule has 0 aromatic heterocycles. The zero-order valence-electron chi connectivity index (χ0n) is 9.26. The van der Waals surface area contributed by atoms with Crippen LogP contribution < -0.4 is 0 Å². The van der Waals surface area contributed by atoms with Crippen LogP contribution in [0.4, 0.5) is 0 Å². The summed E-state index contributed by atoms with van der Waals surface area (Å²) in [5.74, 6) is 0.185. The molecule has 1 N–H and O–H groups in total. The molecule has 88 valence electrons. The molecule has 0 fully saturated rings. The Morgan fingerprint density at radius 3 is 2.75 bits per heavy atom. The zero-order valence-corrected chi connectivity index (χ0v) is 10.1. The number of sulfone groups is 1. The van der Waals surface area contributed by atoms with Crippen molar-refractivity contribution in [2.45, 2.75) is 24.9 Å². The summed E-state index contributed by atoms with van der Waals surface area (Å²) in [6.45, 7) is 0. The van der Waals surface area contributed by atoms with Crippen LogP contribution in [0.3, 0.4) is 0 Å². The lowest BCUT2D eigenvalue weighted by molar-refractivity contribution is 0.129. The Hall–Kier alpha value is -0.870. The van der Waals surface area contributed by atoms with E-state index < -0.39 is 15.9 Å². The first kappa shape index (κ1) is 11.6. The van der Waals surface area contributed by atoms with Crippen molar-refractivity contribution >= 4 is 9.84 Å². The fourth-order valence-corrected chi connectivity index (χ4v) is 2.85. The maximum atomic E-state index is 11.0. The summed E-state index contributed by atoms with van der Waals surface area (Å²) in [5.41, 5.74) is 2.44. The van der Waals surface area contributed by atoms with Crippen molar-refractivity contribution in [3.8, 4) is 0 Å². The van der Waals surface area contributed by atoms with Crippen LogP contribution >= 0.6 is 0 Å². The summed E-state index contributed by atoms with van der Waals surface area (Å²) in [7, 11) is -2.97. The van der Waals surface area contributed by atoms with Gasteiger partial charge in [-0.1, -0.05) is 24.3 Å². The predicted molar refractivity (Wildman–Crippen MR) is 63.2 cm³/mol. The van der Waals surface area contributed by atoms with Gasteiger partial charge in [0, 0.05) is 12.2 Å². The molecule has 0 saturated heterocycles. The molecule has 0 radical (unpaired) electrons. The van der Waals surface area contributed by atoms with Gasteiger partial charge in [-0.15, -0.1) is 0 Å². The summed E-state index contributed by atoms with van der Waals surface area (Å²) in [5, 5.41) is 9.91. The van der Waals surface area contributed by atoms with E-state index in [1.165, 1.54) is 17.4 Å². The molecular weight excluding hydrogens is 224 g/mol. The largest absolute Gasteiger partial charge is 0.392 e. The van der Waals surface area contributed by atoms with Crippen LogP contribution in [0.15, 0.2) is 24.3 Å². The smallest absolute Gasteiger partial charge is 0.147 e. The van der Waals surface area contributed by atoms with Crippen LogP contribution in [-0.4, -0.2) is 31.6 Å². The molecule has 0 amide bonds. The van der Waals surface area contributed by atoms with Crippen molar-refractivity contribution in [1.82, 2.24) is 0 Å². The van der Waals surface area contributed by atoms with Crippen LogP contribution in [-0.2, 0) is 16.3 Å². The highest BCUT2D eigenvalue weighted by molar-refractivity contribution is 7.90. The average Bonchev–Trinajstić information content (AvgIpc) is 2.16. The SMILES string of the molecule is CS(=O)(=O)CCC(O)C1Cc2ccccc21. The molecule has 0 spiro atoms. The van der Waals surface area contributed by atoms with Crippen LogP contribution in [0.2, 0.25) is 0 Å². The maximum Gasteiger partial charge on any atom is 0.147 e. The molecule has 2 unspecified atom stereocenters. The van der Waals surface area contributed by atoms with Crippen molar-refractivity contribution < 1.29 is 13.5 Å². The second-order valence-corrected chi connectivity index (χ2v) is 6.76. The maximum absolute atomic E-state index is 11.0. The van der Waals surface area contributed by atoms with E-state index in [0.29, 0.717) is 6.42 Å². The van der Waals surface area contributed by atoms with E-state index >= 15 is 0 Å². The molecule has 0 heterocycles. The van der Waals surface area contributed by atoms with Gasteiger partial charge >= 0.3 is 0 Å². The summed E-state index contributed by atoms with van der Waals surface area (Å²) < 4.78 is 22.0. The number of hydrogen-bond donors (Lipinski definition) is 1. The Morgan fingerprint density at radius 1 is 1.44 bits per heavy atom. The van der Waals surface area contributed by atoms with Crippen molar-refractivity contribution in [2.75, 3.05) is 12.0 Å². The standard InChI is InChI=1S/C12H16O3S/c1-16(14,15)7-6-12(13)11-8-9-4-2-3-5-10(9)11/h2-5,11-13H,6-8H2,1H3. The zero-order chi connectivity index (χ0) is 11.8. The molecule has 4 heteroatoms. The summed E-state index contributed by atoms with van der Waals surface area (Å²) >= 11 is 0. The Morgan fingerprint density at radius 2 is 2.12 bits per heavy atom. The van der Waals surface area contributed by atoms with Gasteiger partial charge in [-0.2, -0.15) is 0 Å². The normalized spacial score (nSPS) is 21.0. The van der Waals surface area contributed by atoms with Gasteiger partial charge in [0.15, 0.2) is 0 Å². The summed E-state index contributed by atoms with van der Waals surface area (Å²) in [6, 6.07) is 7.99. The van der Waals surface area contributed by atoms with Crippen molar-refractivity contribution in [3.05, 3.63) is 35.4 Å². The quantitative estimate of drug-likeness (QED) is 0.858. The van der Waals surface area contributed by atoms with Crippen molar-refractivity contribution in [3.63, 3.8) is 0 Å². The topological polar surface area (TPSA) is 54.4 Å². The molecule has 3 nitrogen and oxygen atoms in total. The highest BCUT2D eigenvalue weighted by Crippen LogP contribution is 2.38. The second kappa shape index (κ2) is 4.18. The van der Waals surface area contributed by atoms with E-state index in [1.54, 1.807) is 0 Å². The molecule has 0 saturated carbocycles. The first-order valence-electron chi connectivity index (χ1n) is 5.41. The van der Waals surface area contributed by atoms with E-state index in [2.05, 4.69) is 6.07 Å². The Kier molecular flexibility index (Phi) is 3.04. The first-order chi connectivity index (χ1) is 7.47. The molecule has 16 heavy (non-hydrogen) atoms. The third-order valence-electron chi connectivity index (χ3n) is 3.14. The lowest BCUT2D eigenvalue weighted by atomic mass is 9.74. The molecular formula is C12H16O3S.